The molecule has 5 nitrogen and oxygen atoms in total. The summed E-state index contributed by atoms with van der Waals surface area (Å²) >= 11 is 0. The van der Waals surface area contributed by atoms with Gasteiger partial charge in [0.15, 0.2) is 9.84 Å². The summed E-state index contributed by atoms with van der Waals surface area (Å²) < 4.78 is 42.0. The van der Waals surface area contributed by atoms with Gasteiger partial charge >= 0.3 is 0 Å². The molecule has 0 fully saturated rings. The first kappa shape index (κ1) is 12.7. The van der Waals surface area contributed by atoms with E-state index >= 15 is 0 Å². The van der Waals surface area contributed by atoms with Gasteiger partial charge in [-0.05, 0) is 18.2 Å². The first-order valence-electron chi connectivity index (χ1n) is 5.31. The molecule has 0 saturated carbocycles. The van der Waals surface area contributed by atoms with Crippen molar-refractivity contribution in [3.8, 4) is 0 Å². The molecule has 1 heterocycles. The van der Waals surface area contributed by atoms with Gasteiger partial charge in [0.2, 0.25) is 11.8 Å². The van der Waals surface area contributed by atoms with Crippen LogP contribution in [0.15, 0.2) is 33.6 Å². The van der Waals surface area contributed by atoms with E-state index in [1.807, 2.05) is 6.92 Å². The fraction of sp³-hybridized carbons (Fsp3) is 0.273. The quantitative estimate of drug-likeness (QED) is 0.846. The third-order valence-electron chi connectivity index (χ3n) is 2.28. The van der Waals surface area contributed by atoms with Gasteiger partial charge in [0, 0.05) is 6.42 Å². The van der Waals surface area contributed by atoms with E-state index < -0.39 is 21.4 Å². The average Bonchev–Trinajstić information content (AvgIpc) is 2.76. The molecule has 1 aromatic heterocycles. The Labute approximate surface area is 104 Å². The predicted molar refractivity (Wildman–Crippen MR) is 61.0 cm³/mol. The molecule has 1 aromatic carbocycles. The molecule has 2 rings (SSSR count). The highest BCUT2D eigenvalue weighted by atomic mass is 32.2. The van der Waals surface area contributed by atoms with Crippen LogP contribution in [-0.4, -0.2) is 18.6 Å². The van der Waals surface area contributed by atoms with E-state index in [4.69, 9.17) is 4.42 Å². The number of benzene rings is 1. The van der Waals surface area contributed by atoms with E-state index in [9.17, 15) is 12.8 Å². The highest BCUT2D eigenvalue weighted by Gasteiger charge is 2.19. The Bertz CT molecular complexity index is 652. The molecule has 0 atom stereocenters. The molecule has 0 aliphatic rings. The number of hydrogen-bond donors (Lipinski definition) is 0. The normalized spacial score (nSPS) is 11.7. The van der Waals surface area contributed by atoms with Crippen LogP contribution >= 0.6 is 0 Å². The number of rotatable bonds is 4. The largest absolute Gasteiger partial charge is 0.424 e. The van der Waals surface area contributed by atoms with E-state index in [-0.39, 0.29) is 10.8 Å². The zero-order valence-corrected chi connectivity index (χ0v) is 10.4. The topological polar surface area (TPSA) is 73.1 Å². The van der Waals surface area contributed by atoms with Crippen molar-refractivity contribution in [1.29, 1.82) is 0 Å². The summed E-state index contributed by atoms with van der Waals surface area (Å²) in [6.07, 6.45) is 0.535. The summed E-state index contributed by atoms with van der Waals surface area (Å²) in [5.41, 5.74) is 0. The van der Waals surface area contributed by atoms with Crippen LogP contribution in [0.5, 0.6) is 0 Å². The molecule has 0 amide bonds. The first-order valence-corrected chi connectivity index (χ1v) is 6.96. The lowest BCUT2D eigenvalue weighted by atomic mass is 10.4. The summed E-state index contributed by atoms with van der Waals surface area (Å²) in [6, 6.07) is 4.82. The molecule has 0 unspecified atom stereocenters. The van der Waals surface area contributed by atoms with E-state index in [0.717, 1.165) is 6.07 Å². The van der Waals surface area contributed by atoms with Gasteiger partial charge in [-0.25, -0.2) is 12.8 Å². The van der Waals surface area contributed by atoms with E-state index in [0.29, 0.717) is 12.3 Å². The predicted octanol–water partition coefficient (Wildman–Crippen LogP) is 1.75. The number of aryl methyl sites for hydroxylation is 1. The second-order valence-electron chi connectivity index (χ2n) is 3.66. The standard InChI is InChI=1S/C11H11FN2O3S/c1-2-10-13-14-11(17-10)7-18(15,16)9-5-3-4-8(12)6-9/h3-6H,2,7H2,1H3. The van der Waals surface area contributed by atoms with E-state index in [1.54, 1.807) is 0 Å². The van der Waals surface area contributed by atoms with Gasteiger partial charge < -0.3 is 4.42 Å². The SMILES string of the molecule is CCc1nnc(CS(=O)(=O)c2cccc(F)c2)o1. The molecule has 0 bridgehead atoms. The van der Waals surface area contributed by atoms with Gasteiger partial charge in [-0.15, -0.1) is 10.2 Å². The van der Waals surface area contributed by atoms with E-state index in [1.165, 1.54) is 18.2 Å². The second-order valence-corrected chi connectivity index (χ2v) is 5.65. The Hall–Kier alpha value is -1.76. The van der Waals surface area contributed by atoms with Crippen molar-refractivity contribution >= 4 is 9.84 Å². The lowest BCUT2D eigenvalue weighted by Gasteiger charge is -2.01. The zero-order valence-electron chi connectivity index (χ0n) is 9.63. The molecular weight excluding hydrogens is 259 g/mol. The maximum atomic E-state index is 13.0. The van der Waals surface area contributed by atoms with Gasteiger partial charge in [0.1, 0.15) is 11.6 Å². The monoisotopic (exact) mass is 270 g/mol. The number of hydrogen-bond acceptors (Lipinski definition) is 5. The summed E-state index contributed by atoms with van der Waals surface area (Å²) in [5.74, 6) is -0.643. The molecule has 0 aliphatic heterocycles. The molecule has 7 heteroatoms. The number of nitrogens with zero attached hydrogens (tertiary/aromatic N) is 2. The van der Waals surface area contributed by atoms with Crippen LogP contribution in [-0.2, 0) is 22.0 Å². The van der Waals surface area contributed by atoms with Gasteiger partial charge in [-0.1, -0.05) is 13.0 Å². The Morgan fingerprint density at radius 1 is 1.28 bits per heavy atom. The van der Waals surface area contributed by atoms with Gasteiger partial charge in [-0.2, -0.15) is 0 Å². The van der Waals surface area contributed by atoms with Crippen molar-refractivity contribution in [2.24, 2.45) is 0 Å². The van der Waals surface area contributed by atoms with Crippen LogP contribution in [0.4, 0.5) is 4.39 Å². The molecule has 0 N–H and O–H groups in total. The fourth-order valence-corrected chi connectivity index (χ4v) is 2.58. The molecule has 96 valence electrons. The first-order chi connectivity index (χ1) is 8.51. The van der Waals surface area contributed by atoms with Crippen molar-refractivity contribution in [2.75, 3.05) is 0 Å². The Morgan fingerprint density at radius 3 is 2.61 bits per heavy atom. The lowest BCUT2D eigenvalue weighted by Crippen LogP contribution is -2.05. The minimum absolute atomic E-state index is 0.0103. The molecular formula is C11H11FN2O3S. The molecule has 0 saturated heterocycles. The highest BCUT2D eigenvalue weighted by molar-refractivity contribution is 7.90. The number of aromatic nitrogens is 2. The summed E-state index contributed by atoms with van der Waals surface area (Å²) in [5, 5.41) is 7.31. The fourth-order valence-electron chi connectivity index (χ4n) is 1.40. The van der Waals surface area contributed by atoms with Crippen LogP contribution < -0.4 is 0 Å². The maximum Gasteiger partial charge on any atom is 0.231 e. The van der Waals surface area contributed by atoms with E-state index in [2.05, 4.69) is 10.2 Å². The van der Waals surface area contributed by atoms with Crippen molar-refractivity contribution in [1.82, 2.24) is 10.2 Å². The molecule has 0 spiro atoms. The summed E-state index contributed by atoms with van der Waals surface area (Å²) in [6.45, 7) is 1.82. The minimum Gasteiger partial charge on any atom is -0.424 e. The summed E-state index contributed by atoms with van der Waals surface area (Å²) in [7, 11) is -3.67. The third-order valence-corrected chi connectivity index (χ3v) is 3.88. The van der Waals surface area contributed by atoms with Crippen LogP contribution in [0.1, 0.15) is 18.7 Å². The van der Waals surface area contributed by atoms with Gasteiger partial charge in [0.25, 0.3) is 0 Å². The van der Waals surface area contributed by atoms with Crippen molar-refractivity contribution in [3.05, 3.63) is 41.9 Å². The third kappa shape index (κ3) is 2.73. The van der Waals surface area contributed by atoms with Crippen LogP contribution in [0.3, 0.4) is 0 Å². The second kappa shape index (κ2) is 4.85. The Morgan fingerprint density at radius 2 is 2.00 bits per heavy atom. The van der Waals surface area contributed by atoms with Gasteiger partial charge in [-0.3, -0.25) is 0 Å². The lowest BCUT2D eigenvalue weighted by molar-refractivity contribution is 0.465. The molecule has 0 aliphatic carbocycles. The maximum absolute atomic E-state index is 13.0. The van der Waals surface area contributed by atoms with Crippen LogP contribution in [0.2, 0.25) is 0 Å². The van der Waals surface area contributed by atoms with Crippen molar-refractivity contribution < 1.29 is 17.2 Å². The highest BCUT2D eigenvalue weighted by Crippen LogP contribution is 2.16. The van der Waals surface area contributed by atoms with Gasteiger partial charge in [0.05, 0.1) is 4.90 Å². The number of sulfone groups is 1. The minimum atomic E-state index is -3.67. The smallest absolute Gasteiger partial charge is 0.231 e. The molecule has 18 heavy (non-hydrogen) atoms. The average molecular weight is 270 g/mol. The Kier molecular flexibility index (Phi) is 3.42. The summed E-state index contributed by atoms with van der Waals surface area (Å²) in [4.78, 5) is -0.0984. The van der Waals surface area contributed by atoms with Crippen LogP contribution in [0, 0.1) is 5.82 Å². The zero-order chi connectivity index (χ0) is 13.2. The van der Waals surface area contributed by atoms with Crippen molar-refractivity contribution in [3.63, 3.8) is 0 Å². The Balaban J connectivity index is 2.27. The van der Waals surface area contributed by atoms with Crippen molar-refractivity contribution in [2.45, 2.75) is 24.0 Å². The molecule has 2 aromatic rings. The van der Waals surface area contributed by atoms with Crippen LogP contribution in [0.25, 0.3) is 0 Å². The molecule has 0 radical (unpaired) electrons. The number of halogens is 1.